The van der Waals surface area contributed by atoms with Crippen molar-refractivity contribution in [3.05, 3.63) is 191 Å². The SMILES string of the molecule is CC(=O)c1cnc(N[C@@H]2CCCC[C@@H]2N)nc1Nc1cc(Br)cc(-n2nccn2)c1.CC(=O)c1cnc(N[C@@H]2CCCC[C@@H]2N)nc1Nc1cc(F)cc(-n2nccn2)c1.COc1cc(Nc2nc(N[C@@H]3CCCC[C@@H]3N)ncc2C(C)=O)cc(-n2nccn2)c1.[C-]#[N+]c1cc(Nc2nc(N[C@@H]3CCCC[C@@H]3N)ncc2C(C)=O)cc(-n2nccn2)c1. The molecule has 0 aliphatic heterocycles. The monoisotopic (exact) mass is 1720 g/mol. The summed E-state index contributed by atoms with van der Waals surface area (Å²) in [6.07, 6.45) is 35.3. The fourth-order valence-corrected chi connectivity index (χ4v) is 14.9. The van der Waals surface area contributed by atoms with E-state index in [9.17, 15) is 23.6 Å². The number of carbonyl (C=O) groups is 4. The lowest BCUT2D eigenvalue weighted by Gasteiger charge is -2.29. The minimum atomic E-state index is -0.475. The minimum absolute atomic E-state index is 0.0265. The number of methoxy groups -OCH3 is 1. The zero-order valence-electron chi connectivity index (χ0n) is 67.8. The topological polar surface area (TPSA) is 508 Å². The maximum absolute atomic E-state index is 14.2. The normalized spacial score (nSPS) is 18.5. The van der Waals surface area contributed by atoms with E-state index in [1.807, 2.05) is 36.4 Å². The van der Waals surface area contributed by atoms with Gasteiger partial charge in [-0.2, -0.15) is 79.9 Å². The average molecular weight is 1720 g/mol. The number of ketones is 4. The number of carbonyl (C=O) groups excluding carboxylic acids is 4. The van der Waals surface area contributed by atoms with Gasteiger partial charge in [-0.25, -0.2) is 29.2 Å². The summed E-state index contributed by atoms with van der Waals surface area (Å²) in [7, 11) is 1.58. The molecule has 8 atom stereocenters. The maximum Gasteiger partial charge on any atom is 0.224 e. The van der Waals surface area contributed by atoms with Crippen LogP contribution in [-0.2, 0) is 0 Å². The van der Waals surface area contributed by atoms with Crippen LogP contribution in [0.3, 0.4) is 0 Å². The fourth-order valence-electron chi connectivity index (χ4n) is 14.4. The Labute approximate surface area is 710 Å². The fraction of sp³-hybridized carbons (Fsp3) is 0.354. The molecular formula is C82H95BrFN33O5. The first kappa shape index (κ1) is 86.2. The Balaban J connectivity index is 0.000000140. The highest BCUT2D eigenvalue weighted by molar-refractivity contribution is 9.10. The van der Waals surface area contributed by atoms with E-state index in [0.717, 1.165) is 119 Å². The lowest BCUT2D eigenvalue weighted by molar-refractivity contribution is 0.100. The van der Waals surface area contributed by atoms with E-state index in [2.05, 4.69) is 144 Å². The molecule has 632 valence electrons. The number of nitrogens with one attached hydrogen (secondary N) is 8. The summed E-state index contributed by atoms with van der Waals surface area (Å²) < 4.78 is 20.4. The maximum atomic E-state index is 14.2. The van der Waals surface area contributed by atoms with Crippen LogP contribution in [0, 0.1) is 12.4 Å². The van der Waals surface area contributed by atoms with Gasteiger partial charge in [0.2, 0.25) is 23.8 Å². The molecule has 8 aromatic heterocycles. The molecule has 12 aromatic rings. The molecule has 16 N–H and O–H groups in total. The number of hydrogen-bond acceptors (Lipinski definition) is 33. The van der Waals surface area contributed by atoms with Crippen LogP contribution in [0.5, 0.6) is 5.75 Å². The van der Waals surface area contributed by atoms with Crippen molar-refractivity contribution in [2.75, 3.05) is 49.6 Å². The van der Waals surface area contributed by atoms with Gasteiger partial charge in [0, 0.05) is 119 Å². The first-order valence-electron chi connectivity index (χ1n) is 40.0. The summed E-state index contributed by atoms with van der Waals surface area (Å²) in [5.41, 5.74) is 31.7. The molecule has 4 aliphatic rings. The number of halogens is 2. The van der Waals surface area contributed by atoms with Gasteiger partial charge in [-0.05, 0) is 134 Å². The van der Waals surface area contributed by atoms with Crippen molar-refractivity contribution in [2.24, 2.45) is 22.9 Å². The average Bonchev–Trinajstić information content (AvgIpc) is 1.25. The molecule has 4 aliphatic carbocycles. The van der Waals surface area contributed by atoms with E-state index in [0.29, 0.717) is 109 Å². The second kappa shape index (κ2) is 40.9. The van der Waals surface area contributed by atoms with Crippen molar-refractivity contribution in [3.63, 3.8) is 0 Å². The van der Waals surface area contributed by atoms with E-state index in [1.54, 1.807) is 74.8 Å². The van der Waals surface area contributed by atoms with Crippen LogP contribution in [0.25, 0.3) is 27.6 Å². The third-order valence-electron chi connectivity index (χ3n) is 20.8. The summed E-state index contributed by atoms with van der Waals surface area (Å²) >= 11 is 3.51. The molecule has 0 unspecified atom stereocenters. The zero-order chi connectivity index (χ0) is 85.8. The molecule has 4 aromatic carbocycles. The van der Waals surface area contributed by atoms with Crippen molar-refractivity contribution >= 4 is 115 Å². The van der Waals surface area contributed by atoms with Gasteiger partial charge in [-0.3, -0.25) is 19.2 Å². The number of rotatable bonds is 25. The Bertz CT molecular complexity index is 5460. The third-order valence-corrected chi connectivity index (χ3v) is 21.2. The lowest BCUT2D eigenvalue weighted by atomic mass is 9.91. The second-order valence-corrected chi connectivity index (χ2v) is 30.7. The number of benzene rings is 4. The van der Waals surface area contributed by atoms with Crippen molar-refractivity contribution < 1.29 is 28.3 Å². The molecule has 8 heterocycles. The summed E-state index contributed by atoms with van der Waals surface area (Å²) in [4.78, 5) is 93.2. The molecule has 0 spiro atoms. The van der Waals surface area contributed by atoms with E-state index in [-0.39, 0.29) is 77.3 Å². The Morgan fingerprint density at radius 2 is 0.672 bits per heavy atom. The van der Waals surface area contributed by atoms with Crippen LogP contribution < -0.4 is 70.2 Å². The largest absolute Gasteiger partial charge is 0.497 e. The highest BCUT2D eigenvalue weighted by Gasteiger charge is 2.29. The summed E-state index contributed by atoms with van der Waals surface area (Å²) in [5, 5.41) is 58.8. The van der Waals surface area contributed by atoms with Crippen LogP contribution >= 0.6 is 15.9 Å². The molecule has 4 fully saturated rings. The Morgan fingerprint density at radius 3 is 0.975 bits per heavy atom. The molecule has 4 saturated carbocycles. The number of nitrogens with zero attached hydrogens (tertiary/aromatic N) is 21. The van der Waals surface area contributed by atoms with Gasteiger partial charge in [-0.1, -0.05) is 67.3 Å². The Kier molecular flexibility index (Phi) is 28.9. The van der Waals surface area contributed by atoms with Gasteiger partial charge in [-0.15, -0.1) is 0 Å². The summed E-state index contributed by atoms with van der Waals surface area (Å²) in [5.74, 6) is 2.65. The molecule has 0 saturated heterocycles. The van der Waals surface area contributed by atoms with Crippen LogP contribution in [-0.4, -0.2) is 178 Å². The van der Waals surface area contributed by atoms with Crippen LogP contribution in [0.1, 0.15) is 172 Å². The van der Waals surface area contributed by atoms with Crippen molar-refractivity contribution in [1.82, 2.24) is 99.8 Å². The van der Waals surface area contributed by atoms with Crippen molar-refractivity contribution in [1.29, 1.82) is 0 Å². The standard InChI is InChI=1S/C21H23N9O.C21H26N8O2.C20H23BrN8O.C20H23FN8O/c1-13(31)17-12-24-21(28-19-6-4-3-5-18(19)22)29-20(17)27-15-9-14(23-2)10-16(11-15)30-25-7-8-26-30;1-13(30)17-12-23-21(27-19-6-4-3-5-18(19)22)28-20(17)26-14-9-15(11-16(10-14)31-2)29-24-7-8-25-29;2*1-12(30)16-11-23-20(27-18-5-3-2-4-17(18)22)28-19(16)26-14-8-13(21)9-15(10-14)29-24-6-7-25-29/h7-12,18-19H,3-6,22H2,1H3,(H2,24,27,28,29);7-12,18-19H,3-6,22H2,1-2H3,(H2,23,26,27,28);2*6-11,17-18H,2-5,22H2,1H3,(H2,23,26,27,28)/t2*18-,19+;2*17-,18+/m0000/s1. The molecule has 0 bridgehead atoms. The lowest BCUT2D eigenvalue weighted by Crippen LogP contribution is -2.43. The molecule has 122 heavy (non-hydrogen) atoms. The predicted molar refractivity (Wildman–Crippen MR) is 463 cm³/mol. The Morgan fingerprint density at radius 1 is 0.393 bits per heavy atom. The number of ether oxygens (including phenoxy) is 1. The quantitative estimate of drug-likeness (QED) is 0.0187. The van der Waals surface area contributed by atoms with Gasteiger partial charge >= 0.3 is 0 Å². The van der Waals surface area contributed by atoms with Gasteiger partial charge in [0.15, 0.2) is 28.8 Å². The first-order valence-corrected chi connectivity index (χ1v) is 40.8. The highest BCUT2D eigenvalue weighted by atomic mass is 79.9. The van der Waals surface area contributed by atoms with E-state index in [4.69, 9.17) is 34.2 Å². The highest BCUT2D eigenvalue weighted by Crippen LogP contribution is 2.34. The summed E-state index contributed by atoms with van der Waals surface area (Å²) in [6, 6.07) is 21.2. The number of nitrogens with two attached hydrogens (primary N) is 4. The number of aromatic nitrogens is 20. The van der Waals surface area contributed by atoms with E-state index in [1.165, 1.54) is 90.0 Å². The van der Waals surface area contributed by atoms with Crippen LogP contribution in [0.15, 0.2) is 152 Å². The zero-order valence-corrected chi connectivity index (χ0v) is 69.4. The van der Waals surface area contributed by atoms with Gasteiger partial charge in [0.05, 0.1) is 108 Å². The molecule has 38 nitrogen and oxygen atoms in total. The van der Waals surface area contributed by atoms with Crippen LogP contribution in [0.4, 0.5) is 79.9 Å². The van der Waals surface area contributed by atoms with Gasteiger partial charge < -0.3 is 70.2 Å². The number of anilines is 12. The van der Waals surface area contributed by atoms with E-state index < -0.39 is 5.82 Å². The minimum Gasteiger partial charge on any atom is -0.497 e. The molecule has 0 amide bonds. The Hall–Kier alpha value is -13.6. The van der Waals surface area contributed by atoms with Gasteiger partial charge in [0.1, 0.15) is 34.8 Å². The van der Waals surface area contributed by atoms with E-state index >= 15 is 0 Å². The molecule has 16 rings (SSSR count). The molecule has 0 radical (unpaired) electrons. The molecule has 40 heteroatoms. The van der Waals surface area contributed by atoms with Crippen molar-refractivity contribution in [3.8, 4) is 28.5 Å². The second-order valence-electron chi connectivity index (χ2n) is 29.8. The summed E-state index contributed by atoms with van der Waals surface area (Å²) in [6.45, 7) is 13.3. The predicted octanol–water partition coefficient (Wildman–Crippen LogP) is 12.2. The van der Waals surface area contributed by atoms with Gasteiger partial charge in [0.25, 0.3) is 0 Å². The number of hydrogen-bond donors (Lipinski definition) is 12. The molecular weight excluding hydrogens is 1630 g/mol. The smallest absolute Gasteiger partial charge is 0.224 e. The number of Topliss-reactive ketones (excluding diaryl/α,β-unsaturated/α-hetero) is 4. The van der Waals surface area contributed by atoms with Crippen LogP contribution in [0.2, 0.25) is 0 Å². The van der Waals surface area contributed by atoms with Crippen molar-refractivity contribution in [2.45, 2.75) is 179 Å². The third kappa shape index (κ3) is 23.1. The first-order chi connectivity index (χ1) is 59.0.